The molecule has 0 aromatic carbocycles. The van der Waals surface area contributed by atoms with Gasteiger partial charge in [0.1, 0.15) is 12.4 Å². The van der Waals surface area contributed by atoms with Crippen LogP contribution >= 0.6 is 0 Å². The number of hydrogen-bond acceptors (Lipinski definition) is 4. The van der Waals surface area contributed by atoms with Crippen molar-refractivity contribution < 1.29 is 14.3 Å². The number of urea groups is 1. The van der Waals surface area contributed by atoms with Gasteiger partial charge < -0.3 is 19.8 Å². The van der Waals surface area contributed by atoms with Crippen LogP contribution in [0.5, 0.6) is 0 Å². The predicted octanol–water partition coefficient (Wildman–Crippen LogP) is 0.653. The Labute approximate surface area is 112 Å². The van der Waals surface area contributed by atoms with Gasteiger partial charge in [-0.2, -0.15) is 5.01 Å². The fourth-order valence-electron chi connectivity index (χ4n) is 2.46. The maximum atomic E-state index is 11.2. The Morgan fingerprint density at radius 1 is 1.26 bits per heavy atom. The number of nitrogens with zero attached hydrogens (tertiary/aromatic N) is 2. The summed E-state index contributed by atoms with van der Waals surface area (Å²) < 4.78 is 12.9. The summed E-state index contributed by atoms with van der Waals surface area (Å²) in [5.74, 6) is 0. The molecule has 0 saturated carbocycles. The largest absolute Gasteiger partial charge is 0.381 e. The third-order valence-electron chi connectivity index (χ3n) is 3.39. The van der Waals surface area contributed by atoms with Gasteiger partial charge in [-0.3, -0.25) is 5.43 Å². The molecule has 7 nitrogen and oxygen atoms in total. The van der Waals surface area contributed by atoms with Gasteiger partial charge in [0.05, 0.1) is 6.10 Å². The quantitative estimate of drug-likeness (QED) is 0.840. The van der Waals surface area contributed by atoms with Crippen LogP contribution in [0.3, 0.4) is 0 Å². The second-order valence-corrected chi connectivity index (χ2v) is 4.51. The number of amides is 2. The number of carbonyl (C=O) groups is 1. The van der Waals surface area contributed by atoms with E-state index in [1.54, 1.807) is 19.2 Å². The van der Waals surface area contributed by atoms with Crippen LogP contribution < -0.4 is 11.2 Å². The lowest BCUT2D eigenvalue weighted by Crippen LogP contribution is -2.58. The highest BCUT2D eigenvalue weighted by atomic mass is 16.5. The van der Waals surface area contributed by atoms with E-state index in [1.807, 2.05) is 29.1 Å². The summed E-state index contributed by atoms with van der Waals surface area (Å²) in [6.07, 6.45) is 4.99. The Balaban J connectivity index is 2.24. The molecule has 19 heavy (non-hydrogen) atoms. The Bertz CT molecular complexity index is 409. The zero-order chi connectivity index (χ0) is 13.8. The van der Waals surface area contributed by atoms with Gasteiger partial charge in [0, 0.05) is 39.5 Å². The van der Waals surface area contributed by atoms with Crippen LogP contribution in [0, 0.1) is 0 Å². The molecule has 3 unspecified atom stereocenters. The number of nitrogens with two attached hydrogens (primary N) is 1. The van der Waals surface area contributed by atoms with Crippen molar-refractivity contribution in [3.8, 4) is 0 Å². The molecule has 1 aliphatic heterocycles. The van der Waals surface area contributed by atoms with Gasteiger partial charge in [0.15, 0.2) is 0 Å². The van der Waals surface area contributed by atoms with E-state index in [2.05, 4.69) is 5.43 Å². The van der Waals surface area contributed by atoms with E-state index < -0.39 is 6.03 Å². The second-order valence-electron chi connectivity index (χ2n) is 4.51. The Kier molecular flexibility index (Phi) is 4.41. The van der Waals surface area contributed by atoms with Gasteiger partial charge in [-0.15, -0.1) is 0 Å². The lowest BCUT2D eigenvalue weighted by Gasteiger charge is -2.43. The molecule has 1 aromatic rings. The Morgan fingerprint density at radius 2 is 1.95 bits per heavy atom. The van der Waals surface area contributed by atoms with Crippen LogP contribution in [0.15, 0.2) is 24.5 Å². The average molecular weight is 268 g/mol. The first-order valence-electron chi connectivity index (χ1n) is 6.18. The maximum Gasteiger partial charge on any atom is 0.326 e. The highest BCUT2D eigenvalue weighted by molar-refractivity contribution is 5.71. The molecule has 0 bridgehead atoms. The van der Waals surface area contributed by atoms with E-state index in [-0.39, 0.29) is 18.5 Å². The van der Waals surface area contributed by atoms with Gasteiger partial charge >= 0.3 is 6.03 Å². The standard InChI is InChI=1S/C12H20N4O3/c1-18-9-7-10(15-5-3-4-6-15)16(14-12(13)17)11(8-9)19-2/h3-6,9-11H,7-8H2,1-2H3,(H3,13,14,17). The third-order valence-corrected chi connectivity index (χ3v) is 3.39. The van der Waals surface area contributed by atoms with Crippen molar-refractivity contribution in [3.05, 3.63) is 24.5 Å². The van der Waals surface area contributed by atoms with E-state index in [4.69, 9.17) is 15.2 Å². The van der Waals surface area contributed by atoms with E-state index in [0.29, 0.717) is 6.42 Å². The SMILES string of the molecule is COC1CC(OC)N(NC(N)=O)C(n2cccc2)C1. The first-order valence-corrected chi connectivity index (χ1v) is 6.18. The van der Waals surface area contributed by atoms with Crippen LogP contribution in [0.4, 0.5) is 4.79 Å². The number of hydrazine groups is 1. The molecule has 3 atom stereocenters. The third kappa shape index (κ3) is 3.06. The van der Waals surface area contributed by atoms with Crippen molar-refractivity contribution >= 4 is 6.03 Å². The number of carbonyl (C=O) groups excluding carboxylic acids is 1. The topological polar surface area (TPSA) is 81.8 Å². The number of rotatable bonds is 4. The number of hydrogen-bond donors (Lipinski definition) is 2. The first-order chi connectivity index (χ1) is 9.15. The highest BCUT2D eigenvalue weighted by Crippen LogP contribution is 2.30. The van der Waals surface area contributed by atoms with Crippen molar-refractivity contribution in [1.82, 2.24) is 15.0 Å². The van der Waals surface area contributed by atoms with Crippen molar-refractivity contribution in [1.29, 1.82) is 0 Å². The second kappa shape index (κ2) is 6.05. The van der Waals surface area contributed by atoms with Gasteiger partial charge in [0.25, 0.3) is 0 Å². The molecule has 1 aliphatic rings. The number of ether oxygens (including phenoxy) is 2. The van der Waals surface area contributed by atoms with Crippen molar-refractivity contribution in [2.75, 3.05) is 14.2 Å². The number of aromatic nitrogens is 1. The zero-order valence-corrected chi connectivity index (χ0v) is 11.2. The molecule has 2 heterocycles. The smallest absolute Gasteiger partial charge is 0.326 e. The van der Waals surface area contributed by atoms with E-state index in [1.165, 1.54) is 0 Å². The fraction of sp³-hybridized carbons (Fsp3) is 0.583. The van der Waals surface area contributed by atoms with Gasteiger partial charge in [0.2, 0.25) is 0 Å². The number of methoxy groups -OCH3 is 2. The molecule has 1 saturated heterocycles. The Hall–Kier alpha value is -1.57. The van der Waals surface area contributed by atoms with Crippen molar-refractivity contribution in [2.24, 2.45) is 5.73 Å². The van der Waals surface area contributed by atoms with Crippen LogP contribution in [-0.2, 0) is 9.47 Å². The molecule has 1 fully saturated rings. The lowest BCUT2D eigenvalue weighted by atomic mass is 10.0. The normalized spacial score (nSPS) is 28.2. The predicted molar refractivity (Wildman–Crippen MR) is 68.9 cm³/mol. The van der Waals surface area contributed by atoms with Crippen LogP contribution in [0.2, 0.25) is 0 Å². The molecule has 0 radical (unpaired) electrons. The van der Waals surface area contributed by atoms with Crippen LogP contribution in [-0.4, -0.2) is 42.2 Å². The first kappa shape index (κ1) is 13.9. The molecular formula is C12H20N4O3. The van der Waals surface area contributed by atoms with Crippen molar-refractivity contribution in [3.63, 3.8) is 0 Å². The molecule has 0 aliphatic carbocycles. The minimum absolute atomic E-state index is 0.0725. The Morgan fingerprint density at radius 3 is 2.47 bits per heavy atom. The maximum absolute atomic E-state index is 11.2. The molecule has 2 amide bonds. The van der Waals surface area contributed by atoms with E-state index >= 15 is 0 Å². The molecule has 7 heteroatoms. The van der Waals surface area contributed by atoms with Crippen LogP contribution in [0.1, 0.15) is 19.0 Å². The zero-order valence-electron chi connectivity index (χ0n) is 11.2. The summed E-state index contributed by atoms with van der Waals surface area (Å²) in [6, 6.07) is 3.26. The summed E-state index contributed by atoms with van der Waals surface area (Å²) in [7, 11) is 3.28. The number of primary amides is 1. The molecule has 0 spiro atoms. The molecule has 2 rings (SSSR count). The minimum Gasteiger partial charge on any atom is -0.381 e. The molecular weight excluding hydrogens is 248 g/mol. The molecule has 3 N–H and O–H groups in total. The van der Waals surface area contributed by atoms with E-state index in [0.717, 1.165) is 6.42 Å². The fourth-order valence-corrected chi connectivity index (χ4v) is 2.46. The highest BCUT2D eigenvalue weighted by Gasteiger charge is 2.37. The number of piperidine rings is 1. The van der Waals surface area contributed by atoms with Gasteiger partial charge in [-0.05, 0) is 12.1 Å². The number of nitrogens with one attached hydrogen (secondary N) is 1. The van der Waals surface area contributed by atoms with Gasteiger partial charge in [-0.1, -0.05) is 0 Å². The monoisotopic (exact) mass is 268 g/mol. The van der Waals surface area contributed by atoms with E-state index in [9.17, 15) is 4.79 Å². The van der Waals surface area contributed by atoms with Crippen LogP contribution in [0.25, 0.3) is 0 Å². The molecule has 106 valence electrons. The molecule has 1 aromatic heterocycles. The summed E-state index contributed by atoms with van der Waals surface area (Å²) in [4.78, 5) is 11.2. The summed E-state index contributed by atoms with van der Waals surface area (Å²) >= 11 is 0. The van der Waals surface area contributed by atoms with Gasteiger partial charge in [-0.25, -0.2) is 4.79 Å². The average Bonchev–Trinajstić information content (AvgIpc) is 2.92. The summed E-state index contributed by atoms with van der Waals surface area (Å²) in [5, 5.41) is 1.73. The summed E-state index contributed by atoms with van der Waals surface area (Å²) in [5.41, 5.74) is 7.87. The summed E-state index contributed by atoms with van der Waals surface area (Å²) in [6.45, 7) is 0. The van der Waals surface area contributed by atoms with Crippen molar-refractivity contribution in [2.45, 2.75) is 31.3 Å². The lowest BCUT2D eigenvalue weighted by molar-refractivity contribution is -0.157. The minimum atomic E-state index is -0.602.